The lowest BCUT2D eigenvalue weighted by Crippen LogP contribution is -2.38. The first-order chi connectivity index (χ1) is 11.6. The predicted molar refractivity (Wildman–Crippen MR) is 89.8 cm³/mol. The van der Waals surface area contributed by atoms with E-state index in [9.17, 15) is 9.59 Å². The highest BCUT2D eigenvalue weighted by Gasteiger charge is 2.32. The Bertz CT molecular complexity index is 731. The lowest BCUT2D eigenvalue weighted by Gasteiger charge is -2.34. The average Bonchev–Trinajstić information content (AvgIpc) is 3.11. The molecular formula is C16H19N5O2S. The first-order valence-corrected chi connectivity index (χ1v) is 8.64. The molecule has 7 nitrogen and oxygen atoms in total. The minimum atomic E-state index is -0.136. The number of carbonyl (C=O) groups is 2. The molecule has 3 heterocycles. The van der Waals surface area contributed by atoms with Crippen LogP contribution in [0.25, 0.3) is 0 Å². The van der Waals surface area contributed by atoms with Crippen LogP contribution in [-0.4, -0.2) is 57.2 Å². The van der Waals surface area contributed by atoms with Gasteiger partial charge in [-0.3, -0.25) is 14.6 Å². The van der Waals surface area contributed by atoms with Crippen molar-refractivity contribution in [1.82, 2.24) is 24.8 Å². The van der Waals surface area contributed by atoms with Gasteiger partial charge in [0.2, 0.25) is 0 Å². The van der Waals surface area contributed by atoms with Crippen molar-refractivity contribution >= 4 is 23.2 Å². The number of thiazole rings is 1. The number of hydrogen-bond donors (Lipinski definition) is 0. The molecule has 126 valence electrons. The molecule has 24 heavy (non-hydrogen) atoms. The summed E-state index contributed by atoms with van der Waals surface area (Å²) in [5, 5.41) is 0.803. The zero-order chi connectivity index (χ0) is 17.1. The minimum Gasteiger partial charge on any atom is -0.344 e. The standard InChI is InChI=1S/C16H19N5O2S/c1-20(2)16(23)13-10-19-14(24-13)12-5-3-4-8-21(12)15(22)11-9-17-6-7-18-11/h6-7,9-10,12H,3-5,8H2,1-2H3/t12-/m0/s1. The van der Waals surface area contributed by atoms with Crippen LogP contribution in [0.1, 0.15) is 50.5 Å². The van der Waals surface area contributed by atoms with E-state index in [0.29, 0.717) is 17.1 Å². The van der Waals surface area contributed by atoms with Gasteiger partial charge in [0.25, 0.3) is 11.8 Å². The zero-order valence-electron chi connectivity index (χ0n) is 13.7. The molecule has 8 heteroatoms. The number of nitrogens with zero attached hydrogens (tertiary/aromatic N) is 5. The Labute approximate surface area is 144 Å². The van der Waals surface area contributed by atoms with Gasteiger partial charge < -0.3 is 9.80 Å². The fraction of sp³-hybridized carbons (Fsp3) is 0.438. The highest BCUT2D eigenvalue weighted by Crippen LogP contribution is 2.34. The Balaban J connectivity index is 1.85. The number of aromatic nitrogens is 3. The SMILES string of the molecule is CN(C)C(=O)c1cnc([C@@H]2CCCCN2C(=O)c2cnccn2)s1. The first kappa shape index (κ1) is 16.5. The van der Waals surface area contributed by atoms with Gasteiger partial charge in [-0.05, 0) is 19.3 Å². The van der Waals surface area contributed by atoms with Crippen LogP contribution >= 0.6 is 11.3 Å². The van der Waals surface area contributed by atoms with Gasteiger partial charge in [-0.1, -0.05) is 0 Å². The fourth-order valence-electron chi connectivity index (χ4n) is 2.75. The maximum absolute atomic E-state index is 12.8. The van der Waals surface area contributed by atoms with Crippen molar-refractivity contribution < 1.29 is 9.59 Å². The molecule has 0 aliphatic carbocycles. The van der Waals surface area contributed by atoms with E-state index in [0.717, 1.165) is 24.3 Å². The van der Waals surface area contributed by atoms with Crippen molar-refractivity contribution in [2.24, 2.45) is 0 Å². The van der Waals surface area contributed by atoms with Crippen molar-refractivity contribution in [3.05, 3.63) is 40.4 Å². The number of likely N-dealkylation sites (tertiary alicyclic amines) is 1. The zero-order valence-corrected chi connectivity index (χ0v) is 14.5. The van der Waals surface area contributed by atoms with E-state index < -0.39 is 0 Å². The topological polar surface area (TPSA) is 79.3 Å². The smallest absolute Gasteiger partial charge is 0.274 e. The third-order valence-corrected chi connectivity index (χ3v) is 5.06. The van der Waals surface area contributed by atoms with E-state index in [1.165, 1.54) is 28.6 Å². The van der Waals surface area contributed by atoms with Crippen molar-refractivity contribution in [2.75, 3.05) is 20.6 Å². The molecule has 1 aliphatic heterocycles. The van der Waals surface area contributed by atoms with Gasteiger partial charge in [-0.2, -0.15) is 0 Å². The normalized spacial score (nSPS) is 17.6. The molecule has 0 bridgehead atoms. The summed E-state index contributed by atoms with van der Waals surface area (Å²) in [5.74, 6) is -0.204. The molecule has 0 spiro atoms. The number of rotatable bonds is 3. The van der Waals surface area contributed by atoms with Crippen LogP contribution < -0.4 is 0 Å². The molecule has 2 aromatic heterocycles. The average molecular weight is 345 g/mol. The molecule has 2 aromatic rings. The van der Waals surface area contributed by atoms with Gasteiger partial charge in [0, 0.05) is 33.0 Å². The van der Waals surface area contributed by atoms with E-state index in [4.69, 9.17) is 0 Å². The van der Waals surface area contributed by atoms with Crippen LogP contribution in [0.15, 0.2) is 24.8 Å². The van der Waals surface area contributed by atoms with E-state index >= 15 is 0 Å². The van der Waals surface area contributed by atoms with Crippen LogP contribution in [0.5, 0.6) is 0 Å². The van der Waals surface area contributed by atoms with E-state index in [1.807, 2.05) is 0 Å². The molecule has 0 radical (unpaired) electrons. The summed E-state index contributed by atoms with van der Waals surface area (Å²) in [6.45, 7) is 0.663. The molecule has 1 atom stereocenters. The van der Waals surface area contributed by atoms with Crippen molar-refractivity contribution in [1.29, 1.82) is 0 Å². The number of carbonyl (C=O) groups excluding carboxylic acids is 2. The maximum atomic E-state index is 12.8. The molecule has 2 amide bonds. The maximum Gasteiger partial charge on any atom is 0.274 e. The molecule has 0 unspecified atom stereocenters. The van der Waals surface area contributed by atoms with Crippen LogP contribution in [0.2, 0.25) is 0 Å². The summed E-state index contributed by atoms with van der Waals surface area (Å²) in [7, 11) is 3.43. The highest BCUT2D eigenvalue weighted by molar-refractivity contribution is 7.13. The second-order valence-corrected chi connectivity index (χ2v) is 6.93. The second-order valence-electron chi connectivity index (χ2n) is 5.86. The lowest BCUT2D eigenvalue weighted by atomic mass is 10.0. The molecule has 0 saturated carbocycles. The van der Waals surface area contributed by atoms with Crippen LogP contribution in [0.4, 0.5) is 0 Å². The summed E-state index contributed by atoms with van der Waals surface area (Å²) in [6.07, 6.45) is 8.98. The van der Waals surface area contributed by atoms with Gasteiger partial charge in [-0.15, -0.1) is 11.3 Å². The predicted octanol–water partition coefficient (Wildman–Crippen LogP) is 2.00. The molecule has 1 fully saturated rings. The third kappa shape index (κ3) is 3.28. The Hall–Kier alpha value is -2.35. The Morgan fingerprint density at radius 2 is 2.04 bits per heavy atom. The van der Waals surface area contributed by atoms with Crippen LogP contribution in [0, 0.1) is 0 Å². The van der Waals surface area contributed by atoms with E-state index in [-0.39, 0.29) is 17.9 Å². The first-order valence-electron chi connectivity index (χ1n) is 7.82. The third-order valence-electron chi connectivity index (χ3n) is 3.97. The van der Waals surface area contributed by atoms with Gasteiger partial charge in [0.15, 0.2) is 0 Å². The Morgan fingerprint density at radius 3 is 2.75 bits per heavy atom. The van der Waals surface area contributed by atoms with Gasteiger partial charge in [0.05, 0.1) is 18.4 Å². The van der Waals surface area contributed by atoms with Crippen LogP contribution in [0.3, 0.4) is 0 Å². The van der Waals surface area contributed by atoms with E-state index in [2.05, 4.69) is 15.0 Å². The number of hydrogen-bond acceptors (Lipinski definition) is 6. The lowest BCUT2D eigenvalue weighted by molar-refractivity contribution is 0.0604. The summed E-state index contributed by atoms with van der Waals surface area (Å²) >= 11 is 1.36. The molecule has 3 rings (SSSR count). The molecule has 0 N–H and O–H groups in total. The highest BCUT2D eigenvalue weighted by atomic mass is 32.1. The van der Waals surface area contributed by atoms with Crippen LogP contribution in [-0.2, 0) is 0 Å². The quantitative estimate of drug-likeness (QED) is 0.850. The summed E-state index contributed by atoms with van der Waals surface area (Å²) in [4.78, 5) is 41.2. The van der Waals surface area contributed by atoms with Gasteiger partial charge >= 0.3 is 0 Å². The van der Waals surface area contributed by atoms with Gasteiger partial charge in [0.1, 0.15) is 15.6 Å². The summed E-state index contributed by atoms with van der Waals surface area (Å²) in [5.41, 5.74) is 0.338. The van der Waals surface area contributed by atoms with Crippen molar-refractivity contribution in [2.45, 2.75) is 25.3 Å². The number of amides is 2. The molecule has 1 saturated heterocycles. The Morgan fingerprint density at radius 1 is 1.21 bits per heavy atom. The summed E-state index contributed by atoms with van der Waals surface area (Å²) in [6, 6.07) is -0.109. The Kier molecular flexibility index (Phi) is 4.84. The summed E-state index contributed by atoms with van der Waals surface area (Å²) < 4.78 is 0. The minimum absolute atomic E-state index is 0.0682. The molecular weight excluding hydrogens is 326 g/mol. The number of piperidine rings is 1. The fourth-order valence-corrected chi connectivity index (χ4v) is 3.84. The van der Waals surface area contributed by atoms with Gasteiger partial charge in [-0.25, -0.2) is 9.97 Å². The molecule has 0 aromatic carbocycles. The van der Waals surface area contributed by atoms with E-state index in [1.54, 1.807) is 31.4 Å². The second kappa shape index (κ2) is 7.04. The van der Waals surface area contributed by atoms with Crippen molar-refractivity contribution in [3.63, 3.8) is 0 Å². The van der Waals surface area contributed by atoms with Crippen molar-refractivity contribution in [3.8, 4) is 0 Å². The monoisotopic (exact) mass is 345 g/mol. The largest absolute Gasteiger partial charge is 0.344 e. The molecule has 1 aliphatic rings.